The maximum absolute atomic E-state index is 8.95. The second kappa shape index (κ2) is 2.58. The van der Waals surface area contributed by atoms with E-state index in [4.69, 9.17) is 5.11 Å². The molecule has 0 saturated carbocycles. The van der Waals surface area contributed by atoms with Crippen LogP contribution in [0.4, 0.5) is 0 Å². The van der Waals surface area contributed by atoms with E-state index in [1.54, 1.807) is 12.4 Å². The molecule has 0 aromatic carbocycles. The van der Waals surface area contributed by atoms with Crippen molar-refractivity contribution in [2.45, 2.75) is 18.8 Å². The lowest BCUT2D eigenvalue weighted by Crippen LogP contribution is -2.01. The largest absolute Gasteiger partial charge is 0.396 e. The van der Waals surface area contributed by atoms with E-state index in [0.29, 0.717) is 0 Å². The molecule has 1 aromatic heterocycles. The Morgan fingerprint density at radius 2 is 2.27 bits per heavy atom. The van der Waals surface area contributed by atoms with Crippen molar-refractivity contribution in [3.63, 3.8) is 0 Å². The Bertz CT molecular complexity index is 262. The van der Waals surface area contributed by atoms with Crippen LogP contribution in [0.3, 0.4) is 0 Å². The second-order valence-electron chi connectivity index (χ2n) is 2.81. The first-order chi connectivity index (χ1) is 5.42. The average molecular weight is 150 g/mol. The molecule has 0 spiro atoms. The summed E-state index contributed by atoms with van der Waals surface area (Å²) >= 11 is 0. The van der Waals surface area contributed by atoms with Crippen molar-refractivity contribution in [2.75, 3.05) is 6.61 Å². The Kier molecular flexibility index (Phi) is 1.58. The minimum Gasteiger partial charge on any atom is -0.396 e. The standard InChI is InChI=1S/C8H10N2O/c11-5-6-1-2-7-8(6)10-4-3-9-7/h3-4,6,11H,1-2,5H2. The molecule has 58 valence electrons. The third-order valence-corrected chi connectivity index (χ3v) is 2.14. The molecule has 3 heteroatoms. The molecule has 1 aliphatic carbocycles. The van der Waals surface area contributed by atoms with Gasteiger partial charge in [0.1, 0.15) is 0 Å². The third kappa shape index (κ3) is 1.01. The van der Waals surface area contributed by atoms with E-state index < -0.39 is 0 Å². The molecule has 11 heavy (non-hydrogen) atoms. The van der Waals surface area contributed by atoms with Crippen molar-refractivity contribution in [1.82, 2.24) is 9.97 Å². The smallest absolute Gasteiger partial charge is 0.0672 e. The summed E-state index contributed by atoms with van der Waals surface area (Å²) in [6.07, 6.45) is 5.36. The SMILES string of the molecule is OCC1CCc2nccnc21. The molecule has 1 unspecified atom stereocenters. The van der Waals surface area contributed by atoms with Crippen LogP contribution in [-0.2, 0) is 6.42 Å². The van der Waals surface area contributed by atoms with Gasteiger partial charge in [0.05, 0.1) is 18.0 Å². The Labute approximate surface area is 65.1 Å². The Balaban J connectivity index is 2.39. The monoisotopic (exact) mass is 150 g/mol. The highest BCUT2D eigenvalue weighted by molar-refractivity contribution is 5.21. The van der Waals surface area contributed by atoms with E-state index in [-0.39, 0.29) is 12.5 Å². The summed E-state index contributed by atoms with van der Waals surface area (Å²) in [5.41, 5.74) is 2.06. The third-order valence-electron chi connectivity index (χ3n) is 2.14. The lowest BCUT2D eigenvalue weighted by atomic mass is 10.1. The number of rotatable bonds is 1. The average Bonchev–Trinajstić information content (AvgIpc) is 2.47. The van der Waals surface area contributed by atoms with Crippen molar-refractivity contribution in [3.8, 4) is 0 Å². The molecular weight excluding hydrogens is 140 g/mol. The topological polar surface area (TPSA) is 46.0 Å². The van der Waals surface area contributed by atoms with Crippen molar-refractivity contribution in [1.29, 1.82) is 0 Å². The van der Waals surface area contributed by atoms with Gasteiger partial charge >= 0.3 is 0 Å². The van der Waals surface area contributed by atoms with Crippen LogP contribution in [-0.4, -0.2) is 21.7 Å². The molecule has 0 radical (unpaired) electrons. The van der Waals surface area contributed by atoms with Crippen LogP contribution < -0.4 is 0 Å². The van der Waals surface area contributed by atoms with E-state index in [2.05, 4.69) is 9.97 Å². The fourth-order valence-corrected chi connectivity index (χ4v) is 1.54. The quantitative estimate of drug-likeness (QED) is 0.634. The van der Waals surface area contributed by atoms with Crippen LogP contribution in [0.15, 0.2) is 12.4 Å². The molecule has 1 N–H and O–H groups in total. The van der Waals surface area contributed by atoms with Gasteiger partial charge in [-0.1, -0.05) is 0 Å². The van der Waals surface area contributed by atoms with Gasteiger partial charge in [0.15, 0.2) is 0 Å². The summed E-state index contributed by atoms with van der Waals surface area (Å²) in [6.45, 7) is 0.200. The summed E-state index contributed by atoms with van der Waals surface area (Å²) in [6, 6.07) is 0. The molecule has 0 bridgehead atoms. The van der Waals surface area contributed by atoms with Crippen LogP contribution in [0.25, 0.3) is 0 Å². The van der Waals surface area contributed by atoms with Crippen LogP contribution in [0.1, 0.15) is 23.7 Å². The van der Waals surface area contributed by atoms with Gasteiger partial charge in [-0.25, -0.2) is 0 Å². The fourth-order valence-electron chi connectivity index (χ4n) is 1.54. The molecule has 1 aliphatic rings. The van der Waals surface area contributed by atoms with Crippen LogP contribution in [0.2, 0.25) is 0 Å². The van der Waals surface area contributed by atoms with Crippen molar-refractivity contribution >= 4 is 0 Å². The highest BCUT2D eigenvalue weighted by Gasteiger charge is 2.23. The number of hydrogen-bond acceptors (Lipinski definition) is 3. The van der Waals surface area contributed by atoms with Gasteiger partial charge in [-0.05, 0) is 12.8 Å². The predicted octanol–water partition coefficient (Wildman–Crippen LogP) is 0.499. The number of nitrogens with zero attached hydrogens (tertiary/aromatic N) is 2. The van der Waals surface area contributed by atoms with E-state index in [1.165, 1.54) is 0 Å². The van der Waals surface area contributed by atoms with Crippen molar-refractivity contribution in [2.24, 2.45) is 0 Å². The normalized spacial score (nSPS) is 21.7. The van der Waals surface area contributed by atoms with E-state index in [1.807, 2.05) is 0 Å². The zero-order valence-electron chi connectivity index (χ0n) is 6.20. The molecule has 0 amide bonds. The number of aliphatic hydroxyl groups excluding tert-OH is 1. The lowest BCUT2D eigenvalue weighted by Gasteiger charge is -2.03. The van der Waals surface area contributed by atoms with Gasteiger partial charge in [-0.15, -0.1) is 0 Å². The summed E-state index contributed by atoms with van der Waals surface area (Å²) in [5, 5.41) is 8.95. The highest BCUT2D eigenvalue weighted by atomic mass is 16.3. The molecule has 3 nitrogen and oxygen atoms in total. The van der Waals surface area contributed by atoms with Crippen LogP contribution >= 0.6 is 0 Å². The van der Waals surface area contributed by atoms with E-state index in [9.17, 15) is 0 Å². The Morgan fingerprint density at radius 1 is 1.45 bits per heavy atom. The van der Waals surface area contributed by atoms with Gasteiger partial charge < -0.3 is 5.11 Å². The summed E-state index contributed by atoms with van der Waals surface area (Å²) in [4.78, 5) is 8.37. The number of aromatic nitrogens is 2. The molecule has 0 saturated heterocycles. The molecule has 0 fully saturated rings. The zero-order valence-corrected chi connectivity index (χ0v) is 6.20. The first kappa shape index (κ1) is 6.73. The van der Waals surface area contributed by atoms with Gasteiger partial charge in [0.25, 0.3) is 0 Å². The molecule has 1 heterocycles. The Hall–Kier alpha value is -0.960. The van der Waals surface area contributed by atoms with Gasteiger partial charge in [0, 0.05) is 18.3 Å². The lowest BCUT2D eigenvalue weighted by molar-refractivity contribution is 0.263. The maximum Gasteiger partial charge on any atom is 0.0672 e. The van der Waals surface area contributed by atoms with Crippen LogP contribution in [0.5, 0.6) is 0 Å². The predicted molar refractivity (Wildman–Crippen MR) is 40.2 cm³/mol. The maximum atomic E-state index is 8.95. The number of aryl methyl sites for hydroxylation is 1. The number of fused-ring (bicyclic) bond motifs is 1. The van der Waals surface area contributed by atoms with E-state index in [0.717, 1.165) is 24.2 Å². The molecule has 2 rings (SSSR count). The summed E-state index contributed by atoms with van der Waals surface area (Å²) < 4.78 is 0. The van der Waals surface area contributed by atoms with E-state index >= 15 is 0 Å². The highest BCUT2D eigenvalue weighted by Crippen LogP contribution is 2.28. The summed E-state index contributed by atoms with van der Waals surface area (Å²) in [7, 11) is 0. The zero-order chi connectivity index (χ0) is 7.68. The van der Waals surface area contributed by atoms with Crippen molar-refractivity contribution in [3.05, 3.63) is 23.8 Å². The number of aliphatic hydroxyl groups is 1. The molecule has 1 aromatic rings. The Morgan fingerprint density at radius 3 is 3.09 bits per heavy atom. The molecule has 1 atom stereocenters. The van der Waals surface area contributed by atoms with Gasteiger partial charge in [-0.3, -0.25) is 9.97 Å². The molecular formula is C8H10N2O. The molecule has 0 aliphatic heterocycles. The number of hydrogen-bond donors (Lipinski definition) is 1. The first-order valence-corrected chi connectivity index (χ1v) is 3.82. The van der Waals surface area contributed by atoms with Crippen molar-refractivity contribution < 1.29 is 5.11 Å². The minimum absolute atomic E-state index is 0.200. The first-order valence-electron chi connectivity index (χ1n) is 3.82. The minimum atomic E-state index is 0.200. The fraction of sp³-hybridized carbons (Fsp3) is 0.500. The van der Waals surface area contributed by atoms with Crippen LogP contribution in [0, 0.1) is 0 Å². The summed E-state index contributed by atoms with van der Waals surface area (Å²) in [5.74, 6) is 0.235. The second-order valence-corrected chi connectivity index (χ2v) is 2.81. The van der Waals surface area contributed by atoms with Gasteiger partial charge in [0.2, 0.25) is 0 Å². The van der Waals surface area contributed by atoms with Gasteiger partial charge in [-0.2, -0.15) is 0 Å².